The van der Waals surface area contributed by atoms with E-state index in [0.717, 1.165) is 0 Å². The summed E-state index contributed by atoms with van der Waals surface area (Å²) < 4.78 is 18.6. The third-order valence-electron chi connectivity index (χ3n) is 2.69. The van der Waals surface area contributed by atoms with Gasteiger partial charge in [0.25, 0.3) is 0 Å². The summed E-state index contributed by atoms with van der Waals surface area (Å²) in [6, 6.07) is 0. The third-order valence-corrected chi connectivity index (χ3v) is 4.42. The van der Waals surface area contributed by atoms with Gasteiger partial charge in [-0.3, -0.25) is 4.78 Å². The summed E-state index contributed by atoms with van der Waals surface area (Å²) in [5.41, 5.74) is 5.28. The zero-order valence-electron chi connectivity index (χ0n) is 7.49. The molecule has 0 aromatic carbocycles. The Morgan fingerprint density at radius 3 is 2.23 bits per heavy atom. The molecule has 0 bridgehead atoms. The average molecular weight is 229 g/mol. The van der Waals surface area contributed by atoms with Crippen molar-refractivity contribution in [2.75, 3.05) is 24.7 Å². The van der Waals surface area contributed by atoms with Crippen LogP contribution in [0.2, 0.25) is 0 Å². The molecule has 4 N–H and O–H groups in total. The van der Waals surface area contributed by atoms with Crippen LogP contribution in [0.3, 0.4) is 0 Å². The molecule has 0 aromatic heterocycles. The fourth-order valence-corrected chi connectivity index (χ4v) is 3.15. The molecule has 1 rings (SSSR count). The van der Waals surface area contributed by atoms with Gasteiger partial charge in [-0.1, -0.05) is 0 Å². The number of aliphatic hydroxyl groups excluding tert-OH is 1. The van der Waals surface area contributed by atoms with Crippen molar-refractivity contribution in [1.29, 1.82) is 4.78 Å². The van der Waals surface area contributed by atoms with Gasteiger partial charge >= 0.3 is 0 Å². The molecule has 1 aliphatic heterocycles. The van der Waals surface area contributed by atoms with Crippen molar-refractivity contribution in [2.45, 2.75) is 12.8 Å². The Bertz CT molecular complexity index is 233. The molecule has 0 amide bonds. The first-order valence-electron chi connectivity index (χ1n) is 4.09. The minimum atomic E-state index is -2.34. The predicted molar refractivity (Wildman–Crippen MR) is 55.7 cm³/mol. The van der Waals surface area contributed by atoms with Crippen LogP contribution in [0, 0.1) is 10.2 Å². The fraction of sp³-hybridized carbons (Fsp3) is 1.00. The molecule has 1 aliphatic rings. The number of hydrogen-bond donors (Lipinski definition) is 3. The first kappa shape index (κ1) is 13.2. The lowest BCUT2D eigenvalue weighted by molar-refractivity contribution is 0.121. The highest BCUT2D eigenvalue weighted by molar-refractivity contribution is 7.92. The Hall–Kier alpha value is 0.160. The van der Waals surface area contributed by atoms with Crippen molar-refractivity contribution in [3.63, 3.8) is 0 Å². The van der Waals surface area contributed by atoms with E-state index in [-0.39, 0.29) is 24.4 Å². The van der Waals surface area contributed by atoms with Gasteiger partial charge in [-0.05, 0) is 12.8 Å². The lowest BCUT2D eigenvalue weighted by atomic mass is 9.83. The monoisotopic (exact) mass is 228 g/mol. The average Bonchev–Trinajstić information content (AvgIpc) is 2.06. The molecule has 80 valence electrons. The number of nitrogens with one attached hydrogen (secondary N) is 1. The van der Waals surface area contributed by atoms with Gasteiger partial charge < -0.3 is 10.8 Å². The highest BCUT2D eigenvalue weighted by atomic mass is 35.5. The first-order valence-corrected chi connectivity index (χ1v) is 5.98. The van der Waals surface area contributed by atoms with Crippen LogP contribution in [-0.4, -0.2) is 34.0 Å². The van der Waals surface area contributed by atoms with Gasteiger partial charge in [0, 0.05) is 39.8 Å². The summed E-state index contributed by atoms with van der Waals surface area (Å²) in [7, 11) is -2.34. The number of aliphatic hydroxyl groups is 1. The van der Waals surface area contributed by atoms with E-state index in [9.17, 15) is 4.21 Å². The van der Waals surface area contributed by atoms with E-state index in [1.807, 2.05) is 0 Å². The maximum absolute atomic E-state index is 11.3. The molecule has 1 fully saturated rings. The van der Waals surface area contributed by atoms with Crippen LogP contribution in [0.15, 0.2) is 0 Å². The predicted octanol–water partition coefficient (Wildman–Crippen LogP) is 0.186. The van der Waals surface area contributed by atoms with E-state index < -0.39 is 9.73 Å². The molecule has 1 heterocycles. The van der Waals surface area contributed by atoms with Crippen LogP contribution in [0.4, 0.5) is 0 Å². The lowest BCUT2D eigenvalue weighted by Crippen LogP contribution is -2.41. The highest BCUT2D eigenvalue weighted by Crippen LogP contribution is 2.30. The van der Waals surface area contributed by atoms with E-state index in [2.05, 4.69) is 0 Å². The van der Waals surface area contributed by atoms with Gasteiger partial charge in [-0.15, -0.1) is 12.4 Å². The molecule has 4 nitrogen and oxygen atoms in total. The molecule has 0 saturated carbocycles. The van der Waals surface area contributed by atoms with Crippen molar-refractivity contribution >= 4 is 22.1 Å². The quantitative estimate of drug-likeness (QED) is 0.631. The van der Waals surface area contributed by atoms with Crippen LogP contribution in [0.1, 0.15) is 12.8 Å². The summed E-state index contributed by atoms with van der Waals surface area (Å²) >= 11 is 0. The second kappa shape index (κ2) is 4.59. The minimum Gasteiger partial charge on any atom is -0.396 e. The SMILES string of the molecule is Cl.N=S1(=O)CCC(CN)(CO)CC1. The Morgan fingerprint density at radius 2 is 1.92 bits per heavy atom. The summed E-state index contributed by atoms with van der Waals surface area (Å²) in [5.74, 6) is 0.787. The van der Waals surface area contributed by atoms with Gasteiger partial charge in [0.1, 0.15) is 0 Å². The Kier molecular flexibility index (Phi) is 4.65. The minimum absolute atomic E-state index is 0. The summed E-state index contributed by atoms with van der Waals surface area (Å²) in [6.45, 7) is 0.484. The summed E-state index contributed by atoms with van der Waals surface area (Å²) in [5, 5.41) is 9.08. The van der Waals surface area contributed by atoms with Crippen LogP contribution in [0.5, 0.6) is 0 Å². The van der Waals surface area contributed by atoms with Crippen molar-refractivity contribution in [3.05, 3.63) is 0 Å². The van der Waals surface area contributed by atoms with E-state index in [1.54, 1.807) is 0 Å². The zero-order valence-corrected chi connectivity index (χ0v) is 9.12. The van der Waals surface area contributed by atoms with Gasteiger partial charge in [-0.25, -0.2) is 4.21 Å². The van der Waals surface area contributed by atoms with Crippen LogP contribution in [0.25, 0.3) is 0 Å². The summed E-state index contributed by atoms with van der Waals surface area (Å²) in [6.07, 6.45) is 1.25. The van der Waals surface area contributed by atoms with Gasteiger partial charge in [-0.2, -0.15) is 0 Å². The van der Waals surface area contributed by atoms with E-state index in [4.69, 9.17) is 15.6 Å². The second-order valence-corrected chi connectivity index (χ2v) is 6.02. The topological polar surface area (TPSA) is 87.2 Å². The van der Waals surface area contributed by atoms with Gasteiger partial charge in [0.2, 0.25) is 0 Å². The molecule has 0 unspecified atom stereocenters. The molecule has 0 atom stereocenters. The lowest BCUT2D eigenvalue weighted by Gasteiger charge is -2.34. The molecular formula is C7H17ClN2O2S. The van der Waals surface area contributed by atoms with Crippen LogP contribution < -0.4 is 5.73 Å². The third kappa shape index (κ3) is 3.09. The smallest absolute Gasteiger partial charge is 0.0500 e. The fourth-order valence-electron chi connectivity index (χ4n) is 1.42. The Morgan fingerprint density at radius 1 is 1.46 bits per heavy atom. The van der Waals surface area contributed by atoms with Crippen molar-refractivity contribution < 1.29 is 9.32 Å². The Labute approximate surface area is 85.3 Å². The molecule has 0 radical (unpaired) electrons. The van der Waals surface area contributed by atoms with Crippen LogP contribution in [-0.2, 0) is 9.73 Å². The van der Waals surface area contributed by atoms with E-state index in [1.165, 1.54) is 0 Å². The van der Waals surface area contributed by atoms with Crippen LogP contribution >= 0.6 is 12.4 Å². The molecule has 1 saturated heterocycles. The maximum Gasteiger partial charge on any atom is 0.0500 e. The zero-order chi connectivity index (χ0) is 9.24. The van der Waals surface area contributed by atoms with Crippen molar-refractivity contribution in [2.24, 2.45) is 11.1 Å². The van der Waals surface area contributed by atoms with E-state index >= 15 is 0 Å². The first-order chi connectivity index (χ1) is 5.54. The number of rotatable bonds is 2. The standard InChI is InChI=1S/C7H16N2O2S.ClH/c8-5-7(6-10)1-3-12(9,11)4-2-7;/h9-10H,1-6,8H2;1H. The number of nitrogens with two attached hydrogens (primary N) is 1. The van der Waals surface area contributed by atoms with Crippen molar-refractivity contribution in [1.82, 2.24) is 0 Å². The molecule has 0 aromatic rings. The molecule has 0 spiro atoms. The normalized spacial score (nSPS) is 39.5. The van der Waals surface area contributed by atoms with Gasteiger partial charge in [0.15, 0.2) is 0 Å². The van der Waals surface area contributed by atoms with Crippen molar-refractivity contribution in [3.8, 4) is 0 Å². The molecule has 0 aliphatic carbocycles. The largest absolute Gasteiger partial charge is 0.396 e. The molecular weight excluding hydrogens is 212 g/mol. The van der Waals surface area contributed by atoms with Gasteiger partial charge in [0.05, 0.1) is 0 Å². The molecule has 6 heteroatoms. The maximum atomic E-state index is 11.3. The van der Waals surface area contributed by atoms with E-state index in [0.29, 0.717) is 30.9 Å². The number of hydrogen-bond acceptors (Lipinski definition) is 4. The molecule has 13 heavy (non-hydrogen) atoms. The Balaban J connectivity index is 0.00000144. The second-order valence-electron chi connectivity index (χ2n) is 3.58. The highest BCUT2D eigenvalue weighted by Gasteiger charge is 2.33. The number of halogens is 1. The summed E-state index contributed by atoms with van der Waals surface area (Å²) in [4.78, 5) is 0.